The number of allylic oxidation sites excluding steroid dienone is 6. The van der Waals surface area contributed by atoms with Crippen LogP contribution in [0, 0.1) is 0 Å². The van der Waals surface area contributed by atoms with Gasteiger partial charge in [-0.05, 0) is 44.4 Å². The average Bonchev–Trinajstić information content (AvgIpc) is 4.00. The standard InChI is InChI=1S/C52H75N5O9S.ClH/c1-51(2)40-15-9-11-17-43(40)56(24-27-62-32-35-65-34-31-61-26-23-53-48(58)22-14-13-19-45-49-42(39-67-45)54-50(59)55-49)46(51)20-7-6-8-21-47-52(3,4)41-16-10-12-18-44(41)57(47)25-28-63-33-36-66-38-37-64-30-29-60-5;/h6-12,15-18,20-21,42,45,49H,13-14,19,22-39H2,1-5H3,(H2-,53,54,55,58,59);1H/t42-,45?,49-;/m1./s1. The zero-order valence-electron chi connectivity index (χ0n) is 40.9. The second-order valence-corrected chi connectivity index (χ2v) is 19.4. The van der Waals surface area contributed by atoms with Crippen molar-refractivity contribution in [1.82, 2.24) is 16.0 Å². The lowest BCUT2D eigenvalue weighted by atomic mass is 9.81. The number of amides is 3. The van der Waals surface area contributed by atoms with Gasteiger partial charge in [0.2, 0.25) is 11.6 Å². The molecule has 0 radical (unpaired) electrons. The molecular formula is C52H76ClN5O9S. The number of benzene rings is 2. The topological polar surface area (TPSA) is 141 Å². The fraction of sp³-hybridized carbons (Fsp3) is 0.596. The van der Waals surface area contributed by atoms with Crippen LogP contribution < -0.4 is 33.3 Å². The summed E-state index contributed by atoms with van der Waals surface area (Å²) in [5, 5.41) is 9.37. The van der Waals surface area contributed by atoms with Gasteiger partial charge in [0.1, 0.15) is 6.61 Å². The fourth-order valence-corrected chi connectivity index (χ4v) is 10.8. The summed E-state index contributed by atoms with van der Waals surface area (Å²) in [5.74, 6) is 1.01. The molecule has 2 saturated heterocycles. The number of rotatable bonds is 32. The Balaban J connectivity index is 0.00000864. The molecule has 0 spiro atoms. The zero-order chi connectivity index (χ0) is 47.3. The summed E-state index contributed by atoms with van der Waals surface area (Å²) >= 11 is 1.91. The number of carbonyl (C=O) groups is 2. The van der Waals surface area contributed by atoms with Gasteiger partial charge in [-0.2, -0.15) is 16.3 Å². The van der Waals surface area contributed by atoms with E-state index in [1.807, 2.05) is 11.8 Å². The Morgan fingerprint density at radius 2 is 1.40 bits per heavy atom. The number of urea groups is 1. The molecule has 4 heterocycles. The highest BCUT2D eigenvalue weighted by Crippen LogP contribution is 2.47. The molecule has 2 aromatic carbocycles. The minimum absolute atomic E-state index is 0. The van der Waals surface area contributed by atoms with E-state index in [2.05, 4.69) is 132 Å². The van der Waals surface area contributed by atoms with Crippen molar-refractivity contribution < 1.29 is 59.7 Å². The first kappa shape index (κ1) is 55.2. The van der Waals surface area contributed by atoms with E-state index in [1.54, 1.807) is 7.11 Å². The monoisotopic (exact) mass is 982 g/mol. The van der Waals surface area contributed by atoms with Gasteiger partial charge in [0.25, 0.3) is 0 Å². The van der Waals surface area contributed by atoms with Crippen LogP contribution in [0.5, 0.6) is 0 Å². The summed E-state index contributed by atoms with van der Waals surface area (Å²) in [5.41, 5.74) is 7.18. The van der Waals surface area contributed by atoms with Gasteiger partial charge in [0.15, 0.2) is 12.3 Å². The van der Waals surface area contributed by atoms with Crippen LogP contribution in [-0.2, 0) is 48.8 Å². The molecule has 0 aliphatic carbocycles. The van der Waals surface area contributed by atoms with E-state index in [0.29, 0.717) is 104 Å². The van der Waals surface area contributed by atoms with Crippen molar-refractivity contribution in [2.24, 2.45) is 0 Å². The Hall–Kier alpha value is -3.77. The number of para-hydroxylation sites is 2. The van der Waals surface area contributed by atoms with Gasteiger partial charge in [-0.1, -0.05) is 74.9 Å². The van der Waals surface area contributed by atoms with E-state index in [-0.39, 0.29) is 47.3 Å². The molecule has 1 unspecified atom stereocenters. The van der Waals surface area contributed by atoms with Crippen LogP contribution in [0.15, 0.2) is 84.6 Å². The molecule has 3 N–H and O–H groups in total. The maximum atomic E-state index is 12.3. The van der Waals surface area contributed by atoms with E-state index >= 15 is 0 Å². The number of carbonyl (C=O) groups excluding carboxylic acids is 2. The Kier molecular flexibility index (Phi) is 23.4. The molecule has 14 nitrogen and oxygen atoms in total. The molecule has 2 fully saturated rings. The number of thioether (sulfide) groups is 1. The number of hydrogen-bond donors (Lipinski definition) is 3. The number of halogens is 1. The van der Waals surface area contributed by atoms with Crippen LogP contribution in [0.1, 0.15) is 64.5 Å². The summed E-state index contributed by atoms with van der Waals surface area (Å²) in [6, 6.07) is 17.7. The lowest BCUT2D eigenvalue weighted by Crippen LogP contribution is -3.00. The molecule has 3 amide bonds. The van der Waals surface area contributed by atoms with Crippen molar-refractivity contribution in [3.8, 4) is 0 Å². The summed E-state index contributed by atoms with van der Waals surface area (Å²) in [6.07, 6.45) is 14.2. The van der Waals surface area contributed by atoms with Gasteiger partial charge >= 0.3 is 6.03 Å². The quantitative estimate of drug-likeness (QED) is 0.0430. The van der Waals surface area contributed by atoms with Gasteiger partial charge in [-0.3, -0.25) is 4.79 Å². The number of nitrogens with one attached hydrogen (secondary N) is 3. The van der Waals surface area contributed by atoms with Crippen molar-refractivity contribution in [1.29, 1.82) is 0 Å². The minimum Gasteiger partial charge on any atom is -1.00 e. The SMILES string of the molecule is COCCOCCOCCOCCN1C(=CC=CC=CC2=[N+](CCOCCOCCOCCNC(=O)CCCCC3SC[C@H]4NC(=O)N[C@@H]34)c3ccccc3C2(C)C)C(C)(C)c2ccccc21.[Cl-]. The van der Waals surface area contributed by atoms with Gasteiger partial charge in [0.05, 0.1) is 96.8 Å². The maximum Gasteiger partial charge on any atom is 0.315 e. The smallest absolute Gasteiger partial charge is 0.315 e. The molecular weight excluding hydrogens is 906 g/mol. The first-order valence-electron chi connectivity index (χ1n) is 24.2. The van der Waals surface area contributed by atoms with Crippen molar-refractivity contribution >= 4 is 40.8 Å². The highest BCUT2D eigenvalue weighted by molar-refractivity contribution is 8.00. The Morgan fingerprint density at radius 1 is 0.765 bits per heavy atom. The number of ether oxygens (including phenoxy) is 7. The highest BCUT2D eigenvalue weighted by Gasteiger charge is 2.44. The summed E-state index contributed by atoms with van der Waals surface area (Å²) in [4.78, 5) is 26.2. The third kappa shape index (κ3) is 15.6. The number of anilines is 1. The van der Waals surface area contributed by atoms with Crippen LogP contribution in [0.3, 0.4) is 0 Å². The van der Waals surface area contributed by atoms with Gasteiger partial charge in [-0.15, -0.1) is 0 Å². The van der Waals surface area contributed by atoms with Crippen LogP contribution in [0.25, 0.3) is 0 Å². The lowest BCUT2D eigenvalue weighted by Gasteiger charge is -2.27. The van der Waals surface area contributed by atoms with E-state index in [4.69, 9.17) is 33.2 Å². The number of hydrogen-bond acceptors (Lipinski definition) is 11. The van der Waals surface area contributed by atoms with Crippen LogP contribution in [0.2, 0.25) is 0 Å². The molecule has 6 rings (SSSR count). The zero-order valence-corrected chi connectivity index (χ0v) is 42.5. The van der Waals surface area contributed by atoms with E-state index in [1.165, 1.54) is 33.9 Å². The van der Waals surface area contributed by atoms with E-state index in [9.17, 15) is 9.59 Å². The van der Waals surface area contributed by atoms with Crippen molar-refractivity contribution in [2.45, 2.75) is 81.5 Å². The normalized spacial score (nSPS) is 20.5. The molecule has 376 valence electrons. The number of fused-ring (bicyclic) bond motifs is 3. The predicted molar refractivity (Wildman–Crippen MR) is 266 cm³/mol. The molecule has 0 bridgehead atoms. The van der Waals surface area contributed by atoms with Gasteiger partial charge in [0, 0.05) is 72.1 Å². The molecule has 16 heteroatoms. The van der Waals surface area contributed by atoms with Crippen molar-refractivity contribution in [2.75, 3.05) is 123 Å². The molecule has 68 heavy (non-hydrogen) atoms. The van der Waals surface area contributed by atoms with Gasteiger partial charge in [-0.25, -0.2) is 4.79 Å². The number of methoxy groups -OCH3 is 1. The Bertz CT molecular complexity index is 2010. The molecule has 2 aromatic rings. The Morgan fingerprint density at radius 3 is 2.12 bits per heavy atom. The first-order valence-corrected chi connectivity index (χ1v) is 25.3. The predicted octanol–water partition coefficient (Wildman–Crippen LogP) is 3.45. The summed E-state index contributed by atoms with van der Waals surface area (Å²) in [6.45, 7) is 17.9. The summed E-state index contributed by atoms with van der Waals surface area (Å²) < 4.78 is 42.0. The maximum absolute atomic E-state index is 12.3. The number of unbranched alkanes of at least 4 members (excludes halogenated alkanes) is 1. The second-order valence-electron chi connectivity index (χ2n) is 18.2. The minimum atomic E-state index is -0.173. The second kappa shape index (κ2) is 28.8. The average molecular weight is 983 g/mol. The number of nitrogens with zero attached hydrogens (tertiary/aromatic N) is 2. The van der Waals surface area contributed by atoms with Crippen LogP contribution in [-0.4, -0.2) is 158 Å². The highest BCUT2D eigenvalue weighted by atomic mass is 35.5. The van der Waals surface area contributed by atoms with E-state index in [0.717, 1.165) is 38.1 Å². The van der Waals surface area contributed by atoms with Crippen molar-refractivity contribution in [3.05, 3.63) is 95.7 Å². The third-order valence-electron chi connectivity index (χ3n) is 12.8. The fourth-order valence-electron chi connectivity index (χ4n) is 9.28. The molecule has 0 aromatic heterocycles. The van der Waals surface area contributed by atoms with E-state index < -0.39 is 0 Å². The van der Waals surface area contributed by atoms with Crippen LogP contribution in [0.4, 0.5) is 16.2 Å². The third-order valence-corrected chi connectivity index (χ3v) is 14.3. The largest absolute Gasteiger partial charge is 1.00 e. The summed E-state index contributed by atoms with van der Waals surface area (Å²) in [7, 11) is 1.66. The van der Waals surface area contributed by atoms with Crippen LogP contribution >= 0.6 is 11.8 Å². The lowest BCUT2D eigenvalue weighted by molar-refractivity contribution is -0.442. The molecule has 3 atom stereocenters. The molecule has 4 aliphatic heterocycles. The van der Waals surface area contributed by atoms with Gasteiger partial charge < -0.3 is 66.4 Å². The Labute approximate surface area is 415 Å². The molecule has 4 aliphatic rings. The molecule has 0 saturated carbocycles. The van der Waals surface area contributed by atoms with Crippen molar-refractivity contribution in [3.63, 3.8) is 0 Å². The first-order chi connectivity index (χ1) is 32.6.